The Bertz CT molecular complexity index is 634. The van der Waals surface area contributed by atoms with Gasteiger partial charge in [-0.25, -0.2) is 4.68 Å². The lowest BCUT2D eigenvalue weighted by atomic mass is 10.2. The normalized spacial score (nSPS) is 11.5. The maximum Gasteiger partial charge on any atom is 0.433 e. The zero-order chi connectivity index (χ0) is 16.2. The minimum absolute atomic E-state index is 0.187. The molecule has 1 amide bonds. The quantitative estimate of drug-likeness (QED) is 0.891. The van der Waals surface area contributed by atoms with Crippen molar-refractivity contribution in [3.05, 3.63) is 42.2 Å². The molecule has 0 spiro atoms. The van der Waals surface area contributed by atoms with Gasteiger partial charge in [0.1, 0.15) is 5.69 Å². The number of aromatic nitrogens is 2. The minimum Gasteiger partial charge on any atom is -0.330 e. The van der Waals surface area contributed by atoms with Gasteiger partial charge in [0.25, 0.3) is 0 Å². The number of hydrogen-bond donors (Lipinski definition) is 2. The molecule has 3 N–H and O–H groups in total. The number of halogens is 3. The summed E-state index contributed by atoms with van der Waals surface area (Å²) in [7, 11) is 0. The second-order valence-corrected chi connectivity index (χ2v) is 4.61. The molecule has 22 heavy (non-hydrogen) atoms. The number of carbonyl (C=O) groups excluding carboxylic acids is 1. The zero-order valence-electron chi connectivity index (χ0n) is 11.6. The van der Waals surface area contributed by atoms with E-state index in [-0.39, 0.29) is 11.6 Å². The van der Waals surface area contributed by atoms with Gasteiger partial charge in [0.2, 0.25) is 5.91 Å². The average molecular weight is 312 g/mol. The topological polar surface area (TPSA) is 72.9 Å². The fourth-order valence-corrected chi connectivity index (χ4v) is 1.90. The van der Waals surface area contributed by atoms with Crippen molar-refractivity contribution in [1.82, 2.24) is 9.78 Å². The van der Waals surface area contributed by atoms with E-state index in [0.29, 0.717) is 25.1 Å². The van der Waals surface area contributed by atoms with Crippen LogP contribution in [0.15, 0.2) is 36.5 Å². The molecule has 0 radical (unpaired) electrons. The van der Waals surface area contributed by atoms with E-state index in [1.807, 2.05) is 0 Å². The van der Waals surface area contributed by atoms with E-state index in [1.54, 1.807) is 0 Å². The molecule has 0 fully saturated rings. The summed E-state index contributed by atoms with van der Waals surface area (Å²) in [5.74, 6) is -0.187. The number of alkyl halides is 3. The highest BCUT2D eigenvalue weighted by Gasteiger charge is 2.35. The SMILES string of the molecule is NCCCC(=O)Nc1ccc(-n2nccc2C(F)(F)F)cc1. The maximum absolute atomic E-state index is 12.8. The average Bonchev–Trinajstić information content (AvgIpc) is 2.95. The zero-order valence-corrected chi connectivity index (χ0v) is 11.6. The molecular weight excluding hydrogens is 297 g/mol. The van der Waals surface area contributed by atoms with Crippen molar-refractivity contribution >= 4 is 11.6 Å². The predicted octanol–water partition coefficient (Wildman–Crippen LogP) is 2.57. The predicted molar refractivity (Wildman–Crippen MR) is 75.5 cm³/mol. The van der Waals surface area contributed by atoms with Gasteiger partial charge in [-0.2, -0.15) is 18.3 Å². The second-order valence-electron chi connectivity index (χ2n) is 4.61. The highest BCUT2D eigenvalue weighted by Crippen LogP contribution is 2.30. The van der Waals surface area contributed by atoms with Crippen molar-refractivity contribution in [3.8, 4) is 5.69 Å². The van der Waals surface area contributed by atoms with Crippen LogP contribution in [0.25, 0.3) is 5.69 Å². The van der Waals surface area contributed by atoms with Crippen LogP contribution in [-0.2, 0) is 11.0 Å². The first-order chi connectivity index (χ1) is 10.4. The number of rotatable bonds is 5. The van der Waals surface area contributed by atoms with Crippen molar-refractivity contribution in [2.24, 2.45) is 5.73 Å². The molecule has 0 bridgehead atoms. The molecule has 5 nitrogen and oxygen atoms in total. The van der Waals surface area contributed by atoms with E-state index >= 15 is 0 Å². The number of amides is 1. The third kappa shape index (κ3) is 3.85. The molecule has 0 saturated carbocycles. The van der Waals surface area contributed by atoms with E-state index in [1.165, 1.54) is 24.3 Å². The summed E-state index contributed by atoms with van der Waals surface area (Å²) in [6, 6.07) is 6.87. The van der Waals surface area contributed by atoms with Crippen molar-refractivity contribution in [2.45, 2.75) is 19.0 Å². The largest absolute Gasteiger partial charge is 0.433 e. The Morgan fingerprint density at radius 3 is 2.50 bits per heavy atom. The molecule has 1 aromatic heterocycles. The Morgan fingerprint density at radius 1 is 1.23 bits per heavy atom. The third-order valence-electron chi connectivity index (χ3n) is 2.94. The van der Waals surface area contributed by atoms with Gasteiger partial charge in [0.05, 0.1) is 11.9 Å². The third-order valence-corrected chi connectivity index (χ3v) is 2.94. The Hall–Kier alpha value is -2.35. The summed E-state index contributed by atoms with van der Waals surface area (Å²) in [6.45, 7) is 0.422. The first kappa shape index (κ1) is 16.0. The van der Waals surface area contributed by atoms with E-state index in [9.17, 15) is 18.0 Å². The molecule has 2 aromatic rings. The van der Waals surface area contributed by atoms with Crippen LogP contribution >= 0.6 is 0 Å². The Kier molecular flexibility index (Phi) is 4.81. The Balaban J connectivity index is 2.13. The van der Waals surface area contributed by atoms with E-state index < -0.39 is 11.9 Å². The summed E-state index contributed by atoms with van der Waals surface area (Å²) >= 11 is 0. The molecule has 0 aliphatic carbocycles. The molecule has 0 aliphatic rings. The molecule has 2 rings (SSSR count). The van der Waals surface area contributed by atoms with Crippen LogP contribution in [-0.4, -0.2) is 22.2 Å². The van der Waals surface area contributed by atoms with Crippen LogP contribution in [0, 0.1) is 0 Å². The van der Waals surface area contributed by atoms with Crippen LogP contribution in [0.2, 0.25) is 0 Å². The fraction of sp³-hybridized carbons (Fsp3) is 0.286. The van der Waals surface area contributed by atoms with Crippen molar-refractivity contribution in [1.29, 1.82) is 0 Å². The molecule has 0 saturated heterocycles. The van der Waals surface area contributed by atoms with Gasteiger partial charge in [0.15, 0.2) is 0 Å². The van der Waals surface area contributed by atoms with Crippen LogP contribution in [0.1, 0.15) is 18.5 Å². The fourth-order valence-electron chi connectivity index (χ4n) is 1.90. The lowest BCUT2D eigenvalue weighted by molar-refractivity contribution is -0.142. The van der Waals surface area contributed by atoms with Gasteiger partial charge in [-0.3, -0.25) is 4.79 Å². The first-order valence-corrected chi connectivity index (χ1v) is 6.63. The number of benzene rings is 1. The maximum atomic E-state index is 12.8. The van der Waals surface area contributed by atoms with Crippen molar-refractivity contribution in [2.75, 3.05) is 11.9 Å². The summed E-state index contributed by atoms with van der Waals surface area (Å²) in [4.78, 5) is 11.5. The minimum atomic E-state index is -4.48. The Labute approximate surface area is 124 Å². The number of nitrogens with one attached hydrogen (secondary N) is 1. The summed E-state index contributed by atoms with van der Waals surface area (Å²) < 4.78 is 39.2. The van der Waals surface area contributed by atoms with Crippen molar-refractivity contribution < 1.29 is 18.0 Å². The number of anilines is 1. The van der Waals surface area contributed by atoms with Crippen LogP contribution in [0.5, 0.6) is 0 Å². The van der Waals surface area contributed by atoms with Crippen LogP contribution in [0.4, 0.5) is 18.9 Å². The van der Waals surface area contributed by atoms with E-state index in [2.05, 4.69) is 10.4 Å². The molecule has 8 heteroatoms. The second kappa shape index (κ2) is 6.61. The lowest BCUT2D eigenvalue weighted by Gasteiger charge is -2.11. The summed E-state index contributed by atoms with van der Waals surface area (Å²) in [5.41, 5.74) is 5.22. The van der Waals surface area contributed by atoms with Gasteiger partial charge >= 0.3 is 6.18 Å². The van der Waals surface area contributed by atoms with Gasteiger partial charge in [-0.1, -0.05) is 0 Å². The molecular formula is C14H15F3N4O. The molecule has 1 aromatic carbocycles. The molecule has 0 aliphatic heterocycles. The van der Waals surface area contributed by atoms with Gasteiger partial charge in [-0.15, -0.1) is 0 Å². The van der Waals surface area contributed by atoms with E-state index in [0.717, 1.165) is 16.9 Å². The van der Waals surface area contributed by atoms with Gasteiger partial charge < -0.3 is 11.1 Å². The number of carbonyl (C=O) groups is 1. The van der Waals surface area contributed by atoms with Crippen LogP contribution in [0.3, 0.4) is 0 Å². The van der Waals surface area contributed by atoms with Crippen molar-refractivity contribution in [3.63, 3.8) is 0 Å². The number of nitrogens with two attached hydrogens (primary N) is 1. The number of nitrogens with zero attached hydrogens (tertiary/aromatic N) is 2. The van der Waals surface area contributed by atoms with Crippen LogP contribution < -0.4 is 11.1 Å². The molecule has 0 atom stereocenters. The lowest BCUT2D eigenvalue weighted by Crippen LogP contribution is -2.14. The highest BCUT2D eigenvalue weighted by atomic mass is 19.4. The first-order valence-electron chi connectivity index (χ1n) is 6.63. The molecule has 118 valence electrons. The van der Waals surface area contributed by atoms with Gasteiger partial charge in [-0.05, 0) is 43.3 Å². The molecule has 1 heterocycles. The summed E-state index contributed by atoms with van der Waals surface area (Å²) in [5, 5.41) is 6.33. The summed E-state index contributed by atoms with van der Waals surface area (Å²) in [6.07, 6.45) is -2.52. The smallest absolute Gasteiger partial charge is 0.330 e. The monoisotopic (exact) mass is 312 g/mol. The van der Waals surface area contributed by atoms with E-state index in [4.69, 9.17) is 5.73 Å². The van der Waals surface area contributed by atoms with Gasteiger partial charge in [0, 0.05) is 12.1 Å². The Morgan fingerprint density at radius 2 is 1.91 bits per heavy atom. The number of hydrogen-bond acceptors (Lipinski definition) is 3. The highest BCUT2D eigenvalue weighted by molar-refractivity contribution is 5.90. The standard InChI is InChI=1S/C14H15F3N4O/c15-14(16,17)12-7-9-19-21(12)11-5-3-10(4-6-11)20-13(22)2-1-8-18/h3-7,9H,1-2,8,18H2,(H,20,22). The molecule has 0 unspecified atom stereocenters.